The molecule has 0 unspecified atom stereocenters. The molecule has 0 spiro atoms. The maximum Gasteiger partial charge on any atom is 2.00 e. The van der Waals surface area contributed by atoms with Crippen LogP contribution in [0.4, 0.5) is 5.69 Å². The molecule has 2 atom stereocenters. The number of benzene rings is 5. The SMILES string of the molecule is Cc1cc(Oc2[c-]c(C3=N[C@]4(C)Cc5c(ccc(C)c5C)[C@]4(C)N3c3c(C)c(C)cc(C)c3C)cc(C(C)C)c2)[c-]c(-n2c3ccc(C(C)(C)C)cc3c3cccnc32)c1.[Pt+2]. The summed E-state index contributed by atoms with van der Waals surface area (Å²) < 4.78 is 9.13. The van der Waals surface area contributed by atoms with Gasteiger partial charge >= 0.3 is 21.1 Å². The number of fused-ring (bicyclic) bond motifs is 6. The van der Waals surface area contributed by atoms with Crippen molar-refractivity contribution in [3.05, 3.63) is 158 Å². The Morgan fingerprint density at radius 3 is 2.15 bits per heavy atom. The van der Waals surface area contributed by atoms with Crippen molar-refractivity contribution < 1.29 is 25.8 Å². The van der Waals surface area contributed by atoms with Gasteiger partial charge in [0.25, 0.3) is 0 Å². The fourth-order valence-electron chi connectivity index (χ4n) is 10.00. The van der Waals surface area contributed by atoms with Crippen LogP contribution >= 0.6 is 0 Å². The Morgan fingerprint density at radius 2 is 1.46 bits per heavy atom. The number of ether oxygens (including phenoxy) is 1. The van der Waals surface area contributed by atoms with E-state index in [1.807, 2.05) is 12.3 Å². The Kier molecular flexibility index (Phi) is 10.4. The molecule has 9 rings (SSSR count). The third kappa shape index (κ3) is 6.60. The number of aromatic nitrogens is 2. The van der Waals surface area contributed by atoms with Crippen LogP contribution in [0.3, 0.4) is 0 Å². The van der Waals surface area contributed by atoms with E-state index in [-0.39, 0.29) is 32.4 Å². The average Bonchev–Trinajstić information content (AvgIpc) is 3.73. The van der Waals surface area contributed by atoms with Crippen LogP contribution in [0.25, 0.3) is 27.6 Å². The number of amidine groups is 1. The molecule has 61 heavy (non-hydrogen) atoms. The van der Waals surface area contributed by atoms with E-state index >= 15 is 0 Å². The number of nitrogens with zero attached hydrogens (tertiary/aromatic N) is 4. The van der Waals surface area contributed by atoms with Gasteiger partial charge in [0.2, 0.25) is 0 Å². The van der Waals surface area contributed by atoms with Gasteiger partial charge in [0.05, 0.1) is 22.4 Å². The van der Waals surface area contributed by atoms with E-state index in [0.29, 0.717) is 11.5 Å². The second-order valence-corrected chi connectivity index (χ2v) is 19.5. The van der Waals surface area contributed by atoms with E-state index in [9.17, 15) is 0 Å². The second-order valence-electron chi connectivity index (χ2n) is 19.5. The summed E-state index contributed by atoms with van der Waals surface area (Å²) in [5, 5.41) is 2.30. The largest absolute Gasteiger partial charge is 2.00 e. The van der Waals surface area contributed by atoms with Crippen molar-refractivity contribution in [3.8, 4) is 17.2 Å². The zero-order valence-electron chi connectivity index (χ0n) is 38.3. The third-order valence-electron chi connectivity index (χ3n) is 14.1. The Morgan fingerprint density at radius 1 is 0.754 bits per heavy atom. The van der Waals surface area contributed by atoms with Crippen molar-refractivity contribution in [2.24, 2.45) is 4.99 Å². The molecule has 0 fully saturated rings. The molecular weight excluding hydrogens is 928 g/mol. The molecule has 6 heteroatoms. The van der Waals surface area contributed by atoms with Gasteiger partial charge in [-0.3, -0.25) is 0 Å². The molecular formula is C55H58N4OPt. The van der Waals surface area contributed by atoms with Gasteiger partial charge < -0.3 is 19.2 Å². The van der Waals surface area contributed by atoms with Crippen LogP contribution in [0.2, 0.25) is 0 Å². The van der Waals surface area contributed by atoms with E-state index < -0.39 is 11.1 Å². The van der Waals surface area contributed by atoms with Crippen LogP contribution in [-0.4, -0.2) is 20.9 Å². The Balaban J connectivity index is 0.00000514. The molecule has 3 heterocycles. The van der Waals surface area contributed by atoms with Crippen molar-refractivity contribution in [3.63, 3.8) is 0 Å². The van der Waals surface area contributed by atoms with E-state index in [1.165, 1.54) is 66.7 Å². The fourth-order valence-corrected chi connectivity index (χ4v) is 10.00. The number of rotatable bonds is 6. The number of pyridine rings is 1. The molecule has 7 aromatic rings. The van der Waals surface area contributed by atoms with Gasteiger partial charge in [-0.1, -0.05) is 83.6 Å². The fraction of sp³-hybridized carbons (Fsp3) is 0.345. The summed E-state index contributed by atoms with van der Waals surface area (Å²) in [6.45, 7) is 31.7. The van der Waals surface area contributed by atoms with E-state index in [4.69, 9.17) is 14.7 Å². The molecule has 314 valence electrons. The smallest absolute Gasteiger partial charge is 0.503 e. The maximum absolute atomic E-state index is 6.91. The van der Waals surface area contributed by atoms with Crippen LogP contribution in [0.15, 0.2) is 84.0 Å². The third-order valence-corrected chi connectivity index (χ3v) is 14.1. The van der Waals surface area contributed by atoms with Crippen LogP contribution in [0.1, 0.15) is 121 Å². The quantitative estimate of drug-likeness (QED) is 0.156. The van der Waals surface area contributed by atoms with Crippen LogP contribution in [0, 0.1) is 60.6 Å². The molecule has 0 bridgehead atoms. The molecule has 5 nitrogen and oxygen atoms in total. The van der Waals surface area contributed by atoms with Crippen LogP contribution in [-0.2, 0) is 38.4 Å². The molecule has 0 amide bonds. The van der Waals surface area contributed by atoms with Gasteiger partial charge in [0, 0.05) is 34.2 Å². The van der Waals surface area contributed by atoms with Crippen molar-refractivity contribution in [2.75, 3.05) is 4.90 Å². The normalized spacial score (nSPS) is 18.5. The minimum atomic E-state index is -0.433. The summed E-state index contributed by atoms with van der Waals surface area (Å²) in [7, 11) is 0. The van der Waals surface area contributed by atoms with E-state index in [1.54, 1.807) is 0 Å². The topological polar surface area (TPSA) is 42.6 Å². The molecule has 1 aliphatic carbocycles. The van der Waals surface area contributed by atoms with Gasteiger partial charge in [-0.25, -0.2) is 4.98 Å². The summed E-state index contributed by atoms with van der Waals surface area (Å²) in [6, 6.07) is 34.1. The number of hydrogen-bond donors (Lipinski definition) is 0. The van der Waals surface area contributed by atoms with Gasteiger partial charge in [0.15, 0.2) is 0 Å². The van der Waals surface area contributed by atoms with Crippen LogP contribution < -0.4 is 9.64 Å². The van der Waals surface area contributed by atoms with Gasteiger partial charge in [-0.2, -0.15) is 5.56 Å². The molecule has 5 aromatic carbocycles. The summed E-state index contributed by atoms with van der Waals surface area (Å²) in [5.41, 5.74) is 18.4. The number of aryl methyl sites for hydroxylation is 4. The van der Waals surface area contributed by atoms with E-state index in [0.717, 1.165) is 45.6 Å². The van der Waals surface area contributed by atoms with Crippen molar-refractivity contribution in [1.29, 1.82) is 0 Å². The number of aliphatic imine (C=N–C) groups is 1. The standard InChI is InChI=1S/C55H58N4O.Pt/c1-31(2)39-25-40(51-57-54(13)30-47-36(7)33(4)17-19-48(47)55(54,14)59(51)50-37(8)34(5)24-35(6)38(50)9)27-44(26-39)60-43-23-32(3)22-42(29-43)58-49-20-18-41(53(10,11)12)28-46(49)45-16-15-21-56-52(45)58;/h15-26,28,31H,30H2,1-14H3;/q-2;+2/t54-,55+;/m1./s1. The maximum atomic E-state index is 6.91. The zero-order valence-corrected chi connectivity index (χ0v) is 40.6. The molecule has 1 aliphatic heterocycles. The zero-order chi connectivity index (χ0) is 42.8. The first kappa shape index (κ1) is 42.7. The summed E-state index contributed by atoms with van der Waals surface area (Å²) in [5.74, 6) is 2.46. The monoisotopic (exact) mass is 985 g/mol. The molecule has 0 saturated heterocycles. The Bertz CT molecular complexity index is 2940. The van der Waals surface area contributed by atoms with Gasteiger partial charge in [0.1, 0.15) is 5.65 Å². The van der Waals surface area contributed by atoms with Crippen molar-refractivity contribution in [1.82, 2.24) is 9.55 Å². The first-order valence-electron chi connectivity index (χ1n) is 21.6. The predicted molar refractivity (Wildman–Crippen MR) is 250 cm³/mol. The van der Waals surface area contributed by atoms with Gasteiger partial charge in [-0.05, 0) is 147 Å². The second kappa shape index (κ2) is 14.8. The first-order chi connectivity index (χ1) is 28.3. The minimum absolute atomic E-state index is 0. The molecule has 0 radical (unpaired) electrons. The van der Waals surface area contributed by atoms with Crippen molar-refractivity contribution >= 4 is 33.5 Å². The molecule has 2 aromatic heterocycles. The minimum Gasteiger partial charge on any atom is -0.503 e. The number of anilines is 1. The molecule has 2 aliphatic rings. The summed E-state index contributed by atoms with van der Waals surface area (Å²) in [4.78, 5) is 13.3. The summed E-state index contributed by atoms with van der Waals surface area (Å²) >= 11 is 0. The average molecular weight is 986 g/mol. The van der Waals surface area contributed by atoms with Crippen molar-refractivity contribution in [2.45, 2.75) is 126 Å². The Hall–Kier alpha value is -4.99. The van der Waals surface area contributed by atoms with E-state index in [2.05, 4.69) is 185 Å². The first-order valence-corrected chi connectivity index (χ1v) is 21.6. The Labute approximate surface area is 377 Å². The summed E-state index contributed by atoms with van der Waals surface area (Å²) in [6.07, 6.45) is 2.74. The van der Waals surface area contributed by atoms with Crippen LogP contribution in [0.5, 0.6) is 11.5 Å². The predicted octanol–water partition coefficient (Wildman–Crippen LogP) is 13.6. The molecule has 0 N–H and O–H groups in total. The van der Waals surface area contributed by atoms with Gasteiger partial charge in [-0.15, -0.1) is 35.4 Å². The number of hydrogen-bond acceptors (Lipinski definition) is 4. The molecule has 0 saturated carbocycles.